The molecule has 1 atom stereocenters. The molecule has 8 heteroatoms. The van der Waals surface area contributed by atoms with Crippen LogP contribution in [0.2, 0.25) is 5.02 Å². The van der Waals surface area contributed by atoms with E-state index in [1.165, 1.54) is 7.11 Å². The van der Waals surface area contributed by atoms with Crippen LogP contribution in [0.1, 0.15) is 43.5 Å². The fourth-order valence-electron chi connectivity index (χ4n) is 3.74. The van der Waals surface area contributed by atoms with E-state index < -0.39 is 0 Å². The van der Waals surface area contributed by atoms with E-state index >= 15 is 0 Å². The van der Waals surface area contributed by atoms with Gasteiger partial charge in [0.25, 0.3) is 0 Å². The molecule has 0 saturated heterocycles. The van der Waals surface area contributed by atoms with E-state index in [-0.39, 0.29) is 18.6 Å². The van der Waals surface area contributed by atoms with E-state index in [2.05, 4.69) is 44.9 Å². The zero-order chi connectivity index (χ0) is 20.8. The minimum atomic E-state index is -0.172. The number of rotatable bonds is 8. The van der Waals surface area contributed by atoms with Gasteiger partial charge in [0.1, 0.15) is 12.4 Å². The first-order valence-corrected chi connectivity index (χ1v) is 10.5. The van der Waals surface area contributed by atoms with Gasteiger partial charge >= 0.3 is 0 Å². The van der Waals surface area contributed by atoms with Crippen molar-refractivity contribution < 1.29 is 9.53 Å². The lowest BCUT2D eigenvalue weighted by molar-refractivity contribution is -0.125. The van der Waals surface area contributed by atoms with Crippen LogP contribution in [0.4, 0.5) is 0 Å². The number of carbonyl (C=O) groups is 1. The number of fused-ring (bicyclic) bond motifs is 1. The largest absolute Gasteiger partial charge is 0.375 e. The van der Waals surface area contributed by atoms with Crippen molar-refractivity contribution >= 4 is 17.5 Å². The van der Waals surface area contributed by atoms with E-state index in [1.54, 1.807) is 0 Å². The fourth-order valence-corrected chi connectivity index (χ4v) is 3.94. The second-order valence-electron chi connectivity index (χ2n) is 7.93. The number of nitrogens with one attached hydrogen (secondary N) is 1. The molecular weight excluding hydrogens is 390 g/mol. The summed E-state index contributed by atoms with van der Waals surface area (Å²) in [5.74, 6) is 2.08. The maximum absolute atomic E-state index is 12.1. The van der Waals surface area contributed by atoms with Gasteiger partial charge in [0.15, 0.2) is 5.82 Å². The lowest BCUT2D eigenvalue weighted by Crippen LogP contribution is -2.34. The molecule has 0 saturated carbocycles. The third-order valence-electron chi connectivity index (χ3n) is 5.13. The summed E-state index contributed by atoms with van der Waals surface area (Å²) >= 11 is 6.34. The topological polar surface area (TPSA) is 72.3 Å². The first-order chi connectivity index (χ1) is 14.0. The Balaban J connectivity index is 1.73. The molecule has 0 radical (unpaired) electrons. The smallest absolute Gasteiger partial charge is 0.246 e. The van der Waals surface area contributed by atoms with Crippen molar-refractivity contribution in [1.82, 2.24) is 25.0 Å². The second kappa shape index (κ2) is 10.2. The van der Waals surface area contributed by atoms with Gasteiger partial charge in [-0.2, -0.15) is 0 Å². The number of hydrogen-bond acceptors (Lipinski definition) is 5. The van der Waals surface area contributed by atoms with Crippen molar-refractivity contribution in [2.75, 3.05) is 26.8 Å². The average molecular weight is 420 g/mol. The standard InChI is InChI=1S/C21H30ClN5O2/c1-15(2)12-18(23-20(28)14-29-3)21-25-24-19-8-9-26(10-11-27(19)21)13-16-6-4-5-7-17(16)22/h4-7,15,18H,8-14H2,1-3H3,(H,23,28)/t18-/m1/s1. The maximum Gasteiger partial charge on any atom is 0.246 e. The van der Waals surface area contributed by atoms with Gasteiger partial charge in [-0.05, 0) is 24.0 Å². The van der Waals surface area contributed by atoms with E-state index in [1.807, 2.05) is 18.2 Å². The highest BCUT2D eigenvalue weighted by Gasteiger charge is 2.26. The number of amides is 1. The van der Waals surface area contributed by atoms with E-state index in [4.69, 9.17) is 16.3 Å². The Hall–Kier alpha value is -1.96. The van der Waals surface area contributed by atoms with Crippen molar-refractivity contribution in [1.29, 1.82) is 0 Å². The zero-order valence-electron chi connectivity index (χ0n) is 17.4. The van der Waals surface area contributed by atoms with Gasteiger partial charge in [0.2, 0.25) is 5.91 Å². The van der Waals surface area contributed by atoms with Crippen molar-refractivity contribution in [2.45, 2.75) is 45.8 Å². The summed E-state index contributed by atoms with van der Waals surface area (Å²) in [5.41, 5.74) is 1.14. The predicted octanol–water partition coefficient (Wildman–Crippen LogP) is 2.84. The monoisotopic (exact) mass is 419 g/mol. The van der Waals surface area contributed by atoms with Crippen LogP contribution in [0.25, 0.3) is 0 Å². The highest BCUT2D eigenvalue weighted by molar-refractivity contribution is 6.31. The molecule has 7 nitrogen and oxygen atoms in total. The van der Waals surface area contributed by atoms with Crippen molar-refractivity contribution in [2.24, 2.45) is 5.92 Å². The molecule has 2 aromatic rings. The number of carbonyl (C=O) groups excluding carboxylic acids is 1. The minimum Gasteiger partial charge on any atom is -0.375 e. The van der Waals surface area contributed by atoms with E-state index in [0.29, 0.717) is 5.92 Å². The minimum absolute atomic E-state index is 0.0429. The molecule has 1 aliphatic heterocycles. The lowest BCUT2D eigenvalue weighted by atomic mass is 10.0. The van der Waals surface area contributed by atoms with Crippen LogP contribution < -0.4 is 5.32 Å². The summed E-state index contributed by atoms with van der Waals surface area (Å²) < 4.78 is 7.14. The van der Waals surface area contributed by atoms with Crippen LogP contribution in [0, 0.1) is 5.92 Å². The molecule has 0 spiro atoms. The predicted molar refractivity (Wildman–Crippen MR) is 113 cm³/mol. The highest BCUT2D eigenvalue weighted by Crippen LogP contribution is 2.23. The molecule has 1 amide bonds. The molecule has 29 heavy (non-hydrogen) atoms. The van der Waals surface area contributed by atoms with Crippen LogP contribution in [-0.4, -0.2) is 52.4 Å². The number of nitrogens with zero attached hydrogens (tertiary/aromatic N) is 4. The fraction of sp³-hybridized carbons (Fsp3) is 0.571. The van der Waals surface area contributed by atoms with Crippen LogP contribution >= 0.6 is 11.6 Å². The van der Waals surface area contributed by atoms with Gasteiger partial charge < -0.3 is 14.6 Å². The average Bonchev–Trinajstić information content (AvgIpc) is 2.97. The Morgan fingerprint density at radius 2 is 2.03 bits per heavy atom. The van der Waals surface area contributed by atoms with Gasteiger partial charge in [-0.1, -0.05) is 43.6 Å². The van der Waals surface area contributed by atoms with Crippen molar-refractivity contribution in [3.8, 4) is 0 Å². The first-order valence-electron chi connectivity index (χ1n) is 10.1. The normalized spacial score (nSPS) is 15.8. The van der Waals surface area contributed by atoms with E-state index in [9.17, 15) is 4.79 Å². The summed E-state index contributed by atoms with van der Waals surface area (Å²) in [6.45, 7) is 7.70. The number of benzene rings is 1. The Labute approximate surface area is 177 Å². The van der Waals surface area contributed by atoms with Crippen LogP contribution in [0.3, 0.4) is 0 Å². The van der Waals surface area contributed by atoms with Gasteiger partial charge in [0, 0.05) is 44.7 Å². The van der Waals surface area contributed by atoms with Crippen LogP contribution in [0.15, 0.2) is 24.3 Å². The number of aromatic nitrogens is 3. The Morgan fingerprint density at radius 1 is 1.24 bits per heavy atom. The highest BCUT2D eigenvalue weighted by atomic mass is 35.5. The summed E-state index contributed by atoms with van der Waals surface area (Å²) in [6, 6.07) is 7.80. The van der Waals surface area contributed by atoms with Gasteiger partial charge in [0.05, 0.1) is 6.04 Å². The SMILES string of the molecule is COCC(=O)N[C@H](CC(C)C)c1nnc2n1CCN(Cc1ccccc1Cl)CC2. The molecule has 0 aliphatic carbocycles. The van der Waals surface area contributed by atoms with Gasteiger partial charge in [-0.3, -0.25) is 9.69 Å². The van der Waals surface area contributed by atoms with Crippen molar-refractivity contribution in [3.05, 3.63) is 46.5 Å². The molecule has 0 fully saturated rings. The van der Waals surface area contributed by atoms with Gasteiger partial charge in [-0.15, -0.1) is 10.2 Å². The third kappa shape index (κ3) is 5.78. The number of hydrogen-bond donors (Lipinski definition) is 1. The van der Waals surface area contributed by atoms with Crippen LogP contribution in [-0.2, 0) is 29.0 Å². The Kier molecular flexibility index (Phi) is 7.64. The first kappa shape index (κ1) is 21.7. The molecule has 1 aromatic carbocycles. The second-order valence-corrected chi connectivity index (χ2v) is 8.33. The Bertz CT molecular complexity index is 823. The molecule has 0 unspecified atom stereocenters. The van der Waals surface area contributed by atoms with Gasteiger partial charge in [-0.25, -0.2) is 0 Å². The molecule has 1 aliphatic rings. The molecule has 158 valence electrons. The molecule has 3 rings (SSSR count). The zero-order valence-corrected chi connectivity index (χ0v) is 18.2. The summed E-state index contributed by atoms with van der Waals surface area (Å²) in [5, 5.41) is 12.7. The molecule has 0 bridgehead atoms. The summed E-state index contributed by atoms with van der Waals surface area (Å²) in [6.07, 6.45) is 1.62. The molecule has 2 heterocycles. The van der Waals surface area contributed by atoms with Crippen LogP contribution in [0.5, 0.6) is 0 Å². The quantitative estimate of drug-likeness (QED) is 0.712. The molecule has 1 N–H and O–H groups in total. The Morgan fingerprint density at radius 3 is 2.76 bits per heavy atom. The number of methoxy groups -OCH3 is 1. The number of halogens is 1. The molecular formula is C21H30ClN5O2. The number of ether oxygens (including phenoxy) is 1. The molecule has 1 aromatic heterocycles. The summed E-state index contributed by atoms with van der Waals surface area (Å²) in [4.78, 5) is 14.5. The van der Waals surface area contributed by atoms with Crippen molar-refractivity contribution in [3.63, 3.8) is 0 Å². The summed E-state index contributed by atoms with van der Waals surface area (Å²) in [7, 11) is 1.52. The van der Waals surface area contributed by atoms with E-state index in [0.717, 1.165) is 61.3 Å². The third-order valence-corrected chi connectivity index (χ3v) is 5.50. The lowest BCUT2D eigenvalue weighted by Gasteiger charge is -2.22. The maximum atomic E-state index is 12.1.